The van der Waals surface area contributed by atoms with Gasteiger partial charge >= 0.3 is 0 Å². The maximum atomic E-state index is 10.9. The lowest BCUT2D eigenvalue weighted by Crippen LogP contribution is -2.15. The zero-order chi connectivity index (χ0) is 9.84. The van der Waals surface area contributed by atoms with Crippen molar-refractivity contribution in [2.24, 2.45) is 0 Å². The Kier molecular flexibility index (Phi) is 3.19. The summed E-state index contributed by atoms with van der Waals surface area (Å²) in [5, 5.41) is 3.79. The van der Waals surface area contributed by atoms with Gasteiger partial charge in [-0.3, -0.25) is 4.79 Å². The SMILES string of the molecule is CC(=O)c1cc(CCN(C)C)no1. The molecule has 72 valence electrons. The van der Waals surface area contributed by atoms with Gasteiger partial charge in [0.25, 0.3) is 0 Å². The third-order valence-electron chi connectivity index (χ3n) is 1.72. The molecule has 4 nitrogen and oxygen atoms in total. The van der Waals surface area contributed by atoms with Crippen molar-refractivity contribution in [2.75, 3.05) is 20.6 Å². The van der Waals surface area contributed by atoms with E-state index in [1.807, 2.05) is 14.1 Å². The molecule has 0 aliphatic rings. The normalized spacial score (nSPS) is 10.8. The van der Waals surface area contributed by atoms with Gasteiger partial charge in [0, 0.05) is 26.0 Å². The number of Topliss-reactive ketones (excluding diaryl/α,β-unsaturated/α-hetero) is 1. The summed E-state index contributed by atoms with van der Waals surface area (Å²) in [6.07, 6.45) is 0.809. The zero-order valence-electron chi connectivity index (χ0n) is 8.20. The Morgan fingerprint density at radius 1 is 1.62 bits per heavy atom. The minimum Gasteiger partial charge on any atom is -0.353 e. The fourth-order valence-electron chi connectivity index (χ4n) is 0.934. The van der Waals surface area contributed by atoms with E-state index in [1.54, 1.807) is 6.07 Å². The van der Waals surface area contributed by atoms with Gasteiger partial charge in [-0.05, 0) is 14.1 Å². The largest absolute Gasteiger partial charge is 0.353 e. The van der Waals surface area contributed by atoms with Crippen molar-refractivity contribution in [3.8, 4) is 0 Å². The molecule has 0 aromatic carbocycles. The van der Waals surface area contributed by atoms with Gasteiger partial charge < -0.3 is 9.42 Å². The molecule has 13 heavy (non-hydrogen) atoms. The first-order valence-corrected chi connectivity index (χ1v) is 4.21. The molecule has 0 fully saturated rings. The third-order valence-corrected chi connectivity index (χ3v) is 1.72. The number of likely N-dealkylation sites (N-methyl/N-ethyl adjacent to an activating group) is 1. The number of carbonyl (C=O) groups is 1. The van der Waals surface area contributed by atoms with E-state index in [0.29, 0.717) is 5.76 Å². The second-order valence-electron chi connectivity index (χ2n) is 3.29. The quantitative estimate of drug-likeness (QED) is 0.651. The van der Waals surface area contributed by atoms with Crippen LogP contribution in [0.1, 0.15) is 23.2 Å². The molecule has 1 heterocycles. The molecule has 0 atom stereocenters. The molecule has 0 amide bonds. The highest BCUT2D eigenvalue weighted by atomic mass is 16.5. The predicted molar refractivity (Wildman–Crippen MR) is 48.8 cm³/mol. The minimum absolute atomic E-state index is 0.0800. The van der Waals surface area contributed by atoms with Gasteiger partial charge in [0.05, 0.1) is 5.69 Å². The van der Waals surface area contributed by atoms with Gasteiger partial charge in [0.15, 0.2) is 5.78 Å². The topological polar surface area (TPSA) is 46.3 Å². The molecule has 0 unspecified atom stereocenters. The van der Waals surface area contributed by atoms with Gasteiger partial charge in [-0.2, -0.15) is 0 Å². The van der Waals surface area contributed by atoms with Crippen molar-refractivity contribution < 1.29 is 9.32 Å². The molecule has 0 saturated heterocycles. The number of aromatic nitrogens is 1. The number of rotatable bonds is 4. The highest BCUT2D eigenvalue weighted by molar-refractivity contribution is 5.91. The van der Waals surface area contributed by atoms with Crippen LogP contribution in [0, 0.1) is 0 Å². The van der Waals surface area contributed by atoms with Crippen LogP contribution in [0.2, 0.25) is 0 Å². The summed E-state index contributed by atoms with van der Waals surface area (Å²) in [6.45, 7) is 2.38. The molecule has 0 aliphatic heterocycles. The first kappa shape index (κ1) is 9.92. The van der Waals surface area contributed by atoms with Crippen molar-refractivity contribution in [3.63, 3.8) is 0 Å². The fraction of sp³-hybridized carbons (Fsp3) is 0.556. The standard InChI is InChI=1S/C9H14N2O2/c1-7(12)9-6-8(10-13-9)4-5-11(2)3/h6H,4-5H2,1-3H3. The molecule has 0 N–H and O–H groups in total. The van der Waals surface area contributed by atoms with Crippen LogP contribution in [0.15, 0.2) is 10.6 Å². The van der Waals surface area contributed by atoms with Crippen molar-refractivity contribution >= 4 is 5.78 Å². The highest BCUT2D eigenvalue weighted by Gasteiger charge is 2.07. The monoisotopic (exact) mass is 182 g/mol. The minimum atomic E-state index is -0.0800. The van der Waals surface area contributed by atoms with Gasteiger partial charge in [-0.1, -0.05) is 5.16 Å². The summed E-state index contributed by atoms with van der Waals surface area (Å²) in [5.74, 6) is 0.261. The molecular formula is C9H14N2O2. The predicted octanol–water partition coefficient (Wildman–Crippen LogP) is 0.981. The van der Waals surface area contributed by atoms with E-state index in [-0.39, 0.29) is 5.78 Å². The lowest BCUT2D eigenvalue weighted by Gasteiger charge is -2.05. The fourth-order valence-corrected chi connectivity index (χ4v) is 0.934. The first-order chi connectivity index (χ1) is 6.09. The second kappa shape index (κ2) is 4.18. The number of nitrogens with zero attached hydrogens (tertiary/aromatic N) is 2. The van der Waals surface area contributed by atoms with Crippen molar-refractivity contribution in [1.29, 1.82) is 0 Å². The Labute approximate surface area is 77.5 Å². The average Bonchev–Trinajstić information content (AvgIpc) is 2.48. The summed E-state index contributed by atoms with van der Waals surface area (Å²) >= 11 is 0. The molecule has 0 bridgehead atoms. The van der Waals surface area contributed by atoms with Gasteiger partial charge in [-0.15, -0.1) is 0 Å². The van der Waals surface area contributed by atoms with E-state index < -0.39 is 0 Å². The van der Waals surface area contributed by atoms with Crippen molar-refractivity contribution in [3.05, 3.63) is 17.5 Å². The zero-order valence-corrected chi connectivity index (χ0v) is 8.20. The second-order valence-corrected chi connectivity index (χ2v) is 3.29. The third kappa shape index (κ3) is 2.99. The van der Waals surface area contributed by atoms with Crippen LogP contribution in [0.5, 0.6) is 0 Å². The van der Waals surface area contributed by atoms with Crippen LogP contribution in [0.3, 0.4) is 0 Å². The van der Waals surface area contributed by atoms with Crippen molar-refractivity contribution in [1.82, 2.24) is 10.1 Å². The molecular weight excluding hydrogens is 168 g/mol. The molecule has 0 spiro atoms. The van der Waals surface area contributed by atoms with E-state index in [1.165, 1.54) is 6.92 Å². The molecule has 4 heteroatoms. The maximum absolute atomic E-state index is 10.9. The summed E-state index contributed by atoms with van der Waals surface area (Å²) in [6, 6.07) is 1.70. The van der Waals surface area contributed by atoms with Crippen LogP contribution in [-0.2, 0) is 6.42 Å². The van der Waals surface area contributed by atoms with E-state index in [2.05, 4.69) is 10.1 Å². The highest BCUT2D eigenvalue weighted by Crippen LogP contribution is 2.04. The summed E-state index contributed by atoms with van der Waals surface area (Å²) < 4.78 is 4.84. The van der Waals surface area contributed by atoms with Crippen LogP contribution < -0.4 is 0 Å². The Morgan fingerprint density at radius 3 is 2.77 bits per heavy atom. The van der Waals surface area contributed by atoms with Gasteiger partial charge in [0.1, 0.15) is 0 Å². The Morgan fingerprint density at radius 2 is 2.31 bits per heavy atom. The van der Waals surface area contributed by atoms with E-state index in [9.17, 15) is 4.79 Å². The van der Waals surface area contributed by atoms with Crippen LogP contribution in [0.25, 0.3) is 0 Å². The van der Waals surface area contributed by atoms with Gasteiger partial charge in [0.2, 0.25) is 5.76 Å². The Balaban J connectivity index is 2.54. The number of carbonyl (C=O) groups excluding carboxylic acids is 1. The summed E-state index contributed by atoms with van der Waals surface area (Å²) in [7, 11) is 3.98. The number of hydrogen-bond donors (Lipinski definition) is 0. The van der Waals surface area contributed by atoms with Crippen LogP contribution in [-0.4, -0.2) is 36.5 Å². The number of ketones is 1. The Hall–Kier alpha value is -1.16. The molecule has 0 saturated carbocycles. The number of hydrogen-bond acceptors (Lipinski definition) is 4. The lowest BCUT2D eigenvalue weighted by atomic mass is 10.2. The summed E-state index contributed by atoms with van der Waals surface area (Å²) in [4.78, 5) is 12.9. The summed E-state index contributed by atoms with van der Waals surface area (Å²) in [5.41, 5.74) is 0.832. The maximum Gasteiger partial charge on any atom is 0.202 e. The van der Waals surface area contributed by atoms with Crippen LogP contribution >= 0.6 is 0 Å². The molecule has 1 aromatic rings. The lowest BCUT2D eigenvalue weighted by molar-refractivity contribution is 0.0978. The molecule has 0 aliphatic carbocycles. The smallest absolute Gasteiger partial charge is 0.202 e. The van der Waals surface area contributed by atoms with E-state index in [0.717, 1.165) is 18.7 Å². The van der Waals surface area contributed by atoms with Crippen LogP contribution in [0.4, 0.5) is 0 Å². The molecule has 1 aromatic heterocycles. The molecule has 1 rings (SSSR count). The van der Waals surface area contributed by atoms with E-state index >= 15 is 0 Å². The van der Waals surface area contributed by atoms with E-state index in [4.69, 9.17) is 4.52 Å². The Bertz CT molecular complexity index is 292. The average molecular weight is 182 g/mol. The van der Waals surface area contributed by atoms with Gasteiger partial charge in [-0.25, -0.2) is 0 Å². The van der Waals surface area contributed by atoms with Crippen molar-refractivity contribution in [2.45, 2.75) is 13.3 Å². The first-order valence-electron chi connectivity index (χ1n) is 4.21. The molecule has 0 radical (unpaired) electrons.